The van der Waals surface area contributed by atoms with Gasteiger partial charge < -0.3 is 10.3 Å². The highest BCUT2D eigenvalue weighted by Crippen LogP contribution is 2.23. The van der Waals surface area contributed by atoms with Crippen LogP contribution >= 0.6 is 0 Å². The summed E-state index contributed by atoms with van der Waals surface area (Å²) < 4.78 is 0. The van der Waals surface area contributed by atoms with Gasteiger partial charge in [0.1, 0.15) is 6.04 Å². The van der Waals surface area contributed by atoms with E-state index < -0.39 is 6.04 Å². The van der Waals surface area contributed by atoms with Crippen molar-refractivity contribution in [2.75, 3.05) is 4.90 Å². The molecule has 23 heavy (non-hydrogen) atoms. The molecule has 3 amide bonds. The Labute approximate surface area is 132 Å². The maximum Gasteiger partial charge on any atom is 0.329 e. The van der Waals surface area contributed by atoms with Gasteiger partial charge in [0.25, 0.3) is 5.91 Å². The van der Waals surface area contributed by atoms with Gasteiger partial charge in [-0.25, -0.2) is 9.69 Å². The Balaban J connectivity index is 1.61. The van der Waals surface area contributed by atoms with E-state index in [4.69, 9.17) is 0 Å². The van der Waals surface area contributed by atoms with E-state index >= 15 is 0 Å². The van der Waals surface area contributed by atoms with Crippen molar-refractivity contribution < 1.29 is 9.59 Å². The molecule has 5 nitrogen and oxygen atoms in total. The smallest absolute Gasteiger partial charge is 0.329 e. The molecule has 3 aromatic rings. The van der Waals surface area contributed by atoms with E-state index in [1.165, 1.54) is 4.90 Å². The van der Waals surface area contributed by atoms with Gasteiger partial charge in [0.05, 0.1) is 5.69 Å². The third kappa shape index (κ3) is 2.26. The standard InChI is InChI=1S/C18H15N3O2/c22-17-16(10-12-11-19-15-9-5-4-8-14(12)15)20-18(23)21(17)13-6-2-1-3-7-13/h1-9,11,16,19H,10H2,(H,20,23). The van der Waals surface area contributed by atoms with Crippen LogP contribution in [0.15, 0.2) is 60.8 Å². The highest BCUT2D eigenvalue weighted by molar-refractivity contribution is 6.21. The van der Waals surface area contributed by atoms with Crippen LogP contribution < -0.4 is 10.2 Å². The largest absolute Gasteiger partial charge is 0.361 e. The second kappa shape index (κ2) is 5.28. The maximum absolute atomic E-state index is 12.6. The molecule has 1 aliphatic rings. The number of benzene rings is 2. The van der Waals surface area contributed by atoms with Crippen molar-refractivity contribution in [3.63, 3.8) is 0 Å². The molecule has 2 N–H and O–H groups in total. The topological polar surface area (TPSA) is 65.2 Å². The second-order valence-electron chi connectivity index (χ2n) is 5.57. The van der Waals surface area contributed by atoms with Crippen molar-refractivity contribution in [2.45, 2.75) is 12.5 Å². The molecule has 1 saturated heterocycles. The molecule has 0 radical (unpaired) electrons. The fourth-order valence-electron chi connectivity index (χ4n) is 3.01. The Morgan fingerprint density at radius 3 is 2.52 bits per heavy atom. The molecule has 5 heteroatoms. The molecule has 1 aromatic heterocycles. The third-order valence-electron chi connectivity index (χ3n) is 4.13. The average molecular weight is 305 g/mol. The van der Waals surface area contributed by atoms with Crippen LogP contribution in [-0.4, -0.2) is 23.0 Å². The van der Waals surface area contributed by atoms with Gasteiger partial charge in [0.15, 0.2) is 0 Å². The van der Waals surface area contributed by atoms with E-state index in [1.54, 1.807) is 12.1 Å². The predicted octanol–water partition coefficient (Wildman–Crippen LogP) is 2.84. The van der Waals surface area contributed by atoms with Crippen molar-refractivity contribution in [3.05, 3.63) is 66.4 Å². The van der Waals surface area contributed by atoms with Crippen LogP contribution in [0.4, 0.5) is 10.5 Å². The van der Waals surface area contributed by atoms with Crippen LogP contribution in [0, 0.1) is 0 Å². The highest BCUT2D eigenvalue weighted by atomic mass is 16.2. The second-order valence-corrected chi connectivity index (χ2v) is 5.57. The van der Waals surface area contributed by atoms with E-state index in [2.05, 4.69) is 10.3 Å². The minimum atomic E-state index is -0.540. The van der Waals surface area contributed by atoms with Gasteiger partial charge in [-0.3, -0.25) is 4.79 Å². The molecule has 0 bridgehead atoms. The van der Waals surface area contributed by atoms with E-state index in [9.17, 15) is 9.59 Å². The fraction of sp³-hybridized carbons (Fsp3) is 0.111. The fourth-order valence-corrected chi connectivity index (χ4v) is 3.01. The van der Waals surface area contributed by atoms with Crippen LogP contribution in [0.1, 0.15) is 5.56 Å². The SMILES string of the molecule is O=C1NC(Cc2c[nH]c3ccccc23)C(=O)N1c1ccccc1. The van der Waals surface area contributed by atoms with Crippen LogP contribution in [0.3, 0.4) is 0 Å². The molecule has 0 saturated carbocycles. The van der Waals surface area contributed by atoms with Gasteiger partial charge in [0.2, 0.25) is 0 Å². The van der Waals surface area contributed by atoms with Crippen LogP contribution in [-0.2, 0) is 11.2 Å². The summed E-state index contributed by atoms with van der Waals surface area (Å²) in [5.41, 5.74) is 2.64. The maximum atomic E-state index is 12.6. The molecule has 2 aromatic carbocycles. The Kier molecular flexibility index (Phi) is 3.12. The molecule has 1 aliphatic heterocycles. The number of fused-ring (bicyclic) bond motifs is 1. The monoisotopic (exact) mass is 305 g/mol. The number of carbonyl (C=O) groups is 2. The number of imide groups is 1. The van der Waals surface area contributed by atoms with Crippen molar-refractivity contribution in [1.29, 1.82) is 0 Å². The van der Waals surface area contributed by atoms with Crippen LogP contribution in [0.2, 0.25) is 0 Å². The molecule has 1 fully saturated rings. The van der Waals surface area contributed by atoms with E-state index in [1.807, 2.05) is 48.7 Å². The molecule has 2 heterocycles. The first-order valence-corrected chi connectivity index (χ1v) is 7.48. The minimum absolute atomic E-state index is 0.216. The number of hydrogen-bond donors (Lipinski definition) is 2. The third-order valence-corrected chi connectivity index (χ3v) is 4.13. The van der Waals surface area contributed by atoms with E-state index in [-0.39, 0.29) is 11.9 Å². The summed E-state index contributed by atoms with van der Waals surface area (Å²) in [6.07, 6.45) is 2.37. The quantitative estimate of drug-likeness (QED) is 0.731. The first-order valence-electron chi connectivity index (χ1n) is 7.48. The lowest BCUT2D eigenvalue weighted by Crippen LogP contribution is -2.32. The number of hydrogen-bond acceptors (Lipinski definition) is 2. The number of nitrogens with zero attached hydrogens (tertiary/aromatic N) is 1. The average Bonchev–Trinajstić information content (AvgIpc) is 3.10. The van der Waals surface area contributed by atoms with Gasteiger partial charge in [-0.05, 0) is 23.8 Å². The summed E-state index contributed by atoms with van der Waals surface area (Å²) in [4.78, 5) is 29.2. The van der Waals surface area contributed by atoms with Crippen molar-refractivity contribution in [3.8, 4) is 0 Å². The zero-order chi connectivity index (χ0) is 15.8. The van der Waals surface area contributed by atoms with Crippen molar-refractivity contribution in [1.82, 2.24) is 10.3 Å². The minimum Gasteiger partial charge on any atom is -0.361 e. The molecular formula is C18H15N3O2. The van der Waals surface area contributed by atoms with E-state index in [0.29, 0.717) is 12.1 Å². The number of anilines is 1. The molecule has 0 aliphatic carbocycles. The van der Waals surface area contributed by atoms with Gasteiger partial charge >= 0.3 is 6.03 Å². The van der Waals surface area contributed by atoms with Crippen molar-refractivity contribution in [2.24, 2.45) is 0 Å². The summed E-state index contributed by atoms with van der Waals surface area (Å²) in [6, 6.07) is 16.0. The van der Waals surface area contributed by atoms with E-state index in [0.717, 1.165) is 16.5 Å². The number of urea groups is 1. The number of carbonyl (C=O) groups excluding carboxylic acids is 2. The molecule has 1 unspecified atom stereocenters. The molecule has 114 valence electrons. The first-order chi connectivity index (χ1) is 11.2. The number of nitrogens with one attached hydrogen (secondary N) is 2. The zero-order valence-electron chi connectivity index (χ0n) is 12.3. The Hall–Kier alpha value is -3.08. The van der Waals surface area contributed by atoms with Crippen molar-refractivity contribution >= 4 is 28.5 Å². The lowest BCUT2D eigenvalue weighted by molar-refractivity contribution is -0.118. The zero-order valence-corrected chi connectivity index (χ0v) is 12.3. The lowest BCUT2D eigenvalue weighted by atomic mass is 10.0. The summed E-state index contributed by atoms with van der Waals surface area (Å²) in [6.45, 7) is 0. The Bertz CT molecular complexity index is 885. The van der Waals surface area contributed by atoms with Crippen LogP contribution in [0.5, 0.6) is 0 Å². The van der Waals surface area contributed by atoms with Crippen LogP contribution in [0.25, 0.3) is 10.9 Å². The molecule has 0 spiro atoms. The van der Waals surface area contributed by atoms with Gasteiger partial charge in [-0.15, -0.1) is 0 Å². The normalized spacial score (nSPS) is 17.7. The predicted molar refractivity (Wildman–Crippen MR) is 88.3 cm³/mol. The van der Waals surface area contributed by atoms with Gasteiger partial charge in [-0.1, -0.05) is 36.4 Å². The summed E-state index contributed by atoms with van der Waals surface area (Å²) in [5, 5.41) is 3.86. The summed E-state index contributed by atoms with van der Waals surface area (Å²) in [7, 11) is 0. The van der Waals surface area contributed by atoms with Gasteiger partial charge in [-0.2, -0.15) is 0 Å². The highest BCUT2D eigenvalue weighted by Gasteiger charge is 2.39. The van der Waals surface area contributed by atoms with Gasteiger partial charge in [0, 0.05) is 23.5 Å². The Morgan fingerprint density at radius 2 is 1.70 bits per heavy atom. The number of para-hydroxylation sites is 2. The number of aromatic nitrogens is 1. The summed E-state index contributed by atoms with van der Waals surface area (Å²) >= 11 is 0. The number of rotatable bonds is 3. The first kappa shape index (κ1) is 13.6. The lowest BCUT2D eigenvalue weighted by Gasteiger charge is -2.12. The summed E-state index contributed by atoms with van der Waals surface area (Å²) in [5.74, 6) is -0.216. The molecular weight excluding hydrogens is 290 g/mol. The number of amides is 3. The molecule has 1 atom stereocenters. The number of H-pyrrole nitrogens is 1. The number of aromatic amines is 1. The molecule has 4 rings (SSSR count). The Morgan fingerprint density at radius 1 is 0.957 bits per heavy atom.